The van der Waals surface area contributed by atoms with Gasteiger partial charge in [-0.1, -0.05) is 45.2 Å². The second-order valence-corrected chi connectivity index (χ2v) is 9.48. The molecular weight excluding hydrogens is 556 g/mol. The van der Waals surface area contributed by atoms with E-state index in [1.54, 1.807) is 19.1 Å². The second kappa shape index (κ2) is 10.9. The van der Waals surface area contributed by atoms with E-state index in [1.807, 2.05) is 54.0 Å². The SMILES string of the molecule is CCOC(=O)c1cccc(-n2c(C)ccc2-c2cc(Br)ccc2OCc2cc(F)c(Cl)cc2Cl)c1. The summed E-state index contributed by atoms with van der Waals surface area (Å²) in [7, 11) is 0. The van der Waals surface area contributed by atoms with Crippen LogP contribution in [0.2, 0.25) is 10.0 Å². The van der Waals surface area contributed by atoms with Crippen LogP contribution < -0.4 is 4.74 Å². The number of hydrogen-bond acceptors (Lipinski definition) is 3. The van der Waals surface area contributed by atoms with Crippen molar-refractivity contribution in [2.75, 3.05) is 6.61 Å². The van der Waals surface area contributed by atoms with Gasteiger partial charge in [0.05, 0.1) is 22.9 Å². The fraction of sp³-hybridized carbons (Fsp3) is 0.148. The number of esters is 1. The molecule has 0 spiro atoms. The van der Waals surface area contributed by atoms with Crippen molar-refractivity contribution in [1.29, 1.82) is 0 Å². The van der Waals surface area contributed by atoms with Gasteiger partial charge >= 0.3 is 5.97 Å². The molecule has 4 rings (SSSR count). The molecule has 0 aliphatic heterocycles. The summed E-state index contributed by atoms with van der Waals surface area (Å²) in [6.07, 6.45) is 0. The van der Waals surface area contributed by atoms with Crippen molar-refractivity contribution in [2.24, 2.45) is 0 Å². The molecule has 3 aromatic carbocycles. The average Bonchev–Trinajstić information content (AvgIpc) is 3.22. The second-order valence-electron chi connectivity index (χ2n) is 7.75. The fourth-order valence-corrected chi connectivity index (χ4v) is 4.53. The van der Waals surface area contributed by atoms with Gasteiger partial charge in [-0.25, -0.2) is 9.18 Å². The maximum atomic E-state index is 14.0. The maximum absolute atomic E-state index is 14.0. The minimum Gasteiger partial charge on any atom is -0.488 e. The van der Waals surface area contributed by atoms with Gasteiger partial charge in [-0.3, -0.25) is 0 Å². The van der Waals surface area contributed by atoms with Gasteiger partial charge in [-0.05, 0) is 74.5 Å². The summed E-state index contributed by atoms with van der Waals surface area (Å²) >= 11 is 15.6. The Balaban J connectivity index is 1.74. The van der Waals surface area contributed by atoms with Gasteiger partial charge < -0.3 is 14.0 Å². The molecule has 0 N–H and O–H groups in total. The van der Waals surface area contributed by atoms with E-state index in [-0.39, 0.29) is 17.6 Å². The zero-order chi connectivity index (χ0) is 25.1. The van der Waals surface area contributed by atoms with Crippen molar-refractivity contribution in [3.05, 3.63) is 104 Å². The van der Waals surface area contributed by atoms with Crippen LogP contribution in [0.3, 0.4) is 0 Å². The van der Waals surface area contributed by atoms with E-state index in [1.165, 1.54) is 12.1 Å². The van der Waals surface area contributed by atoms with Crippen LogP contribution in [0, 0.1) is 12.7 Å². The summed E-state index contributed by atoms with van der Waals surface area (Å²) in [6.45, 7) is 4.11. The Morgan fingerprint density at radius 3 is 2.60 bits per heavy atom. The van der Waals surface area contributed by atoms with Gasteiger partial charge in [0.1, 0.15) is 18.2 Å². The van der Waals surface area contributed by atoms with Crippen LogP contribution in [0.25, 0.3) is 16.9 Å². The van der Waals surface area contributed by atoms with Gasteiger partial charge in [0.25, 0.3) is 0 Å². The first-order chi connectivity index (χ1) is 16.8. The topological polar surface area (TPSA) is 40.5 Å². The van der Waals surface area contributed by atoms with Crippen molar-refractivity contribution >= 4 is 45.1 Å². The summed E-state index contributed by atoms with van der Waals surface area (Å²) < 4.78 is 28.1. The minimum atomic E-state index is -0.559. The van der Waals surface area contributed by atoms with E-state index >= 15 is 0 Å². The highest BCUT2D eigenvalue weighted by Crippen LogP contribution is 2.37. The van der Waals surface area contributed by atoms with Crippen molar-refractivity contribution in [3.63, 3.8) is 0 Å². The smallest absolute Gasteiger partial charge is 0.338 e. The van der Waals surface area contributed by atoms with Crippen LogP contribution in [0.15, 0.2) is 71.2 Å². The molecule has 0 atom stereocenters. The average molecular weight is 577 g/mol. The number of aryl methyl sites for hydroxylation is 1. The monoisotopic (exact) mass is 575 g/mol. The van der Waals surface area contributed by atoms with E-state index in [9.17, 15) is 9.18 Å². The van der Waals surface area contributed by atoms with E-state index < -0.39 is 5.82 Å². The predicted molar refractivity (Wildman–Crippen MR) is 140 cm³/mol. The summed E-state index contributed by atoms with van der Waals surface area (Å²) in [4.78, 5) is 12.3. The molecule has 1 aromatic heterocycles. The lowest BCUT2D eigenvalue weighted by molar-refractivity contribution is 0.0526. The predicted octanol–water partition coefficient (Wildman–Crippen LogP) is 8.42. The van der Waals surface area contributed by atoms with Gasteiger partial charge in [0.2, 0.25) is 0 Å². The lowest BCUT2D eigenvalue weighted by atomic mass is 10.1. The van der Waals surface area contributed by atoms with Gasteiger partial charge in [0.15, 0.2) is 0 Å². The van der Waals surface area contributed by atoms with Crippen LogP contribution in [0.1, 0.15) is 28.5 Å². The van der Waals surface area contributed by atoms with E-state index in [4.69, 9.17) is 32.7 Å². The largest absolute Gasteiger partial charge is 0.488 e. The van der Waals surface area contributed by atoms with Crippen LogP contribution >= 0.6 is 39.1 Å². The molecule has 35 heavy (non-hydrogen) atoms. The van der Waals surface area contributed by atoms with Crippen molar-refractivity contribution in [1.82, 2.24) is 4.57 Å². The van der Waals surface area contributed by atoms with Gasteiger partial charge in [-0.2, -0.15) is 0 Å². The zero-order valence-electron chi connectivity index (χ0n) is 18.9. The highest BCUT2D eigenvalue weighted by molar-refractivity contribution is 9.10. The van der Waals surface area contributed by atoms with Gasteiger partial charge in [-0.15, -0.1) is 0 Å². The zero-order valence-corrected chi connectivity index (χ0v) is 22.0. The molecule has 8 heteroatoms. The number of aromatic nitrogens is 1. The Morgan fingerprint density at radius 1 is 1.03 bits per heavy atom. The minimum absolute atomic E-state index is 0.0403. The summed E-state index contributed by atoms with van der Waals surface area (Å²) in [5, 5.41) is 0.284. The van der Waals surface area contributed by atoms with E-state index in [2.05, 4.69) is 15.9 Å². The Labute approximate surface area is 221 Å². The number of ether oxygens (including phenoxy) is 2. The molecule has 0 radical (unpaired) electrons. The summed E-state index contributed by atoms with van der Waals surface area (Å²) in [6, 6.07) is 19.5. The lowest BCUT2D eigenvalue weighted by Crippen LogP contribution is -2.07. The Hall–Kier alpha value is -2.80. The Morgan fingerprint density at radius 2 is 1.83 bits per heavy atom. The molecule has 0 fully saturated rings. The Bertz CT molecular complexity index is 1400. The highest BCUT2D eigenvalue weighted by Gasteiger charge is 2.17. The number of rotatable bonds is 7. The molecular formula is C27H21BrCl2FNO3. The number of carbonyl (C=O) groups excluding carboxylic acids is 1. The van der Waals surface area contributed by atoms with Crippen molar-refractivity contribution in [3.8, 4) is 22.7 Å². The van der Waals surface area contributed by atoms with E-state index in [0.717, 1.165) is 27.1 Å². The Kier molecular flexibility index (Phi) is 7.85. The molecule has 1 heterocycles. The molecule has 0 saturated carbocycles. The standard InChI is InChI=1S/C27H21BrCl2FNO3/c1-3-34-27(33)17-5-4-6-20(11-17)32-16(2)7-9-25(32)21-13-19(28)8-10-26(21)35-15-18-12-24(31)23(30)14-22(18)29/h4-14H,3,15H2,1-2H3. The van der Waals surface area contributed by atoms with Crippen molar-refractivity contribution < 1.29 is 18.7 Å². The first kappa shape index (κ1) is 25.3. The number of halogens is 4. The molecule has 0 saturated heterocycles. The quantitative estimate of drug-likeness (QED) is 0.164. The molecule has 0 amide bonds. The molecule has 0 bridgehead atoms. The first-order valence-electron chi connectivity index (χ1n) is 10.8. The summed E-state index contributed by atoms with van der Waals surface area (Å²) in [5.41, 5.74) is 4.38. The third kappa shape index (κ3) is 5.56. The fourth-order valence-electron chi connectivity index (χ4n) is 3.74. The molecule has 180 valence electrons. The number of carbonyl (C=O) groups is 1. The van der Waals surface area contributed by atoms with Crippen LogP contribution in [0.4, 0.5) is 4.39 Å². The third-order valence-corrected chi connectivity index (χ3v) is 6.52. The molecule has 0 aliphatic rings. The molecule has 4 nitrogen and oxygen atoms in total. The van der Waals surface area contributed by atoms with Crippen molar-refractivity contribution in [2.45, 2.75) is 20.5 Å². The third-order valence-electron chi connectivity index (χ3n) is 5.38. The van der Waals surface area contributed by atoms with Crippen LogP contribution in [-0.4, -0.2) is 17.1 Å². The molecule has 0 unspecified atom stereocenters. The van der Waals surface area contributed by atoms with Crippen LogP contribution in [-0.2, 0) is 11.3 Å². The van der Waals surface area contributed by atoms with Gasteiger partial charge in [0, 0.05) is 32.0 Å². The highest BCUT2D eigenvalue weighted by atomic mass is 79.9. The number of benzene rings is 3. The summed E-state index contributed by atoms with van der Waals surface area (Å²) in [5.74, 6) is -0.350. The van der Waals surface area contributed by atoms with Crippen LogP contribution in [0.5, 0.6) is 5.75 Å². The van der Waals surface area contributed by atoms with E-state index in [0.29, 0.717) is 28.5 Å². The first-order valence-corrected chi connectivity index (χ1v) is 12.4. The number of hydrogen-bond donors (Lipinski definition) is 0. The lowest BCUT2D eigenvalue weighted by Gasteiger charge is -2.17. The molecule has 0 aliphatic carbocycles. The normalized spacial score (nSPS) is 10.9. The number of nitrogens with zero attached hydrogens (tertiary/aromatic N) is 1. The maximum Gasteiger partial charge on any atom is 0.338 e. The molecule has 4 aromatic rings.